The molecule has 5 heteroatoms. The highest BCUT2D eigenvalue weighted by Gasteiger charge is 2.37. The first-order valence-electron chi connectivity index (χ1n) is 5.47. The lowest BCUT2D eigenvalue weighted by Crippen LogP contribution is -2.54. The minimum Gasteiger partial charge on any atom is -0.444 e. The van der Waals surface area contributed by atoms with Crippen LogP contribution in [0.2, 0.25) is 0 Å². The molecule has 94 valence electrons. The number of halogens is 2. The highest BCUT2D eigenvalue weighted by molar-refractivity contribution is 9.09. The monoisotopic (exact) mass is 355 g/mol. The fraction of sp³-hybridized carbons (Fsp3) is 0.909. The van der Waals surface area contributed by atoms with Crippen LogP contribution in [-0.4, -0.2) is 40.3 Å². The standard InChI is InChI=1S/C11H19Br2NO2/c1-11(2,3)16-10(15)14-6-9(7-14)8(4-12)5-13/h8-9H,4-7H2,1-3H3. The van der Waals surface area contributed by atoms with Crippen molar-refractivity contribution in [2.45, 2.75) is 26.4 Å². The predicted molar refractivity (Wildman–Crippen MR) is 72.4 cm³/mol. The predicted octanol–water partition coefficient (Wildman–Crippen LogP) is 3.26. The van der Waals surface area contributed by atoms with Crippen LogP contribution in [0.1, 0.15) is 20.8 Å². The van der Waals surface area contributed by atoms with Gasteiger partial charge in [0.25, 0.3) is 0 Å². The van der Waals surface area contributed by atoms with Gasteiger partial charge in [-0.2, -0.15) is 0 Å². The third-order valence-corrected chi connectivity index (χ3v) is 4.29. The summed E-state index contributed by atoms with van der Waals surface area (Å²) in [5.74, 6) is 1.19. The minimum atomic E-state index is -0.396. The van der Waals surface area contributed by atoms with E-state index in [1.54, 1.807) is 4.90 Å². The Balaban J connectivity index is 2.33. The van der Waals surface area contributed by atoms with Crippen LogP contribution < -0.4 is 0 Å². The van der Waals surface area contributed by atoms with Gasteiger partial charge in [0.15, 0.2) is 0 Å². The number of carbonyl (C=O) groups excluding carboxylic acids is 1. The molecule has 0 aromatic rings. The Morgan fingerprint density at radius 1 is 1.38 bits per heavy atom. The molecule has 3 nitrogen and oxygen atoms in total. The number of carbonyl (C=O) groups is 1. The number of hydrogen-bond acceptors (Lipinski definition) is 2. The second kappa shape index (κ2) is 5.71. The molecule has 0 radical (unpaired) electrons. The molecule has 1 saturated heterocycles. The van der Waals surface area contributed by atoms with Crippen molar-refractivity contribution in [2.24, 2.45) is 11.8 Å². The molecule has 0 N–H and O–H groups in total. The van der Waals surface area contributed by atoms with E-state index in [-0.39, 0.29) is 6.09 Å². The molecule has 1 heterocycles. The Labute approximate surface area is 114 Å². The van der Waals surface area contributed by atoms with Gasteiger partial charge in [-0.1, -0.05) is 31.9 Å². The molecule has 0 saturated carbocycles. The number of alkyl halides is 2. The first-order valence-corrected chi connectivity index (χ1v) is 7.71. The zero-order chi connectivity index (χ0) is 12.3. The highest BCUT2D eigenvalue weighted by Crippen LogP contribution is 2.28. The lowest BCUT2D eigenvalue weighted by Gasteiger charge is -2.42. The summed E-state index contributed by atoms with van der Waals surface area (Å²) in [7, 11) is 0. The molecule has 16 heavy (non-hydrogen) atoms. The van der Waals surface area contributed by atoms with E-state index in [1.165, 1.54) is 0 Å². The van der Waals surface area contributed by atoms with Crippen molar-refractivity contribution in [3.63, 3.8) is 0 Å². The Morgan fingerprint density at radius 2 is 1.88 bits per heavy atom. The highest BCUT2D eigenvalue weighted by atomic mass is 79.9. The maximum Gasteiger partial charge on any atom is 0.410 e. The van der Waals surface area contributed by atoms with Crippen LogP contribution >= 0.6 is 31.9 Å². The molecule has 0 atom stereocenters. The summed E-state index contributed by atoms with van der Waals surface area (Å²) in [6.07, 6.45) is -0.188. The lowest BCUT2D eigenvalue weighted by molar-refractivity contribution is -0.00713. The van der Waals surface area contributed by atoms with Gasteiger partial charge >= 0.3 is 6.09 Å². The fourth-order valence-corrected chi connectivity index (χ4v) is 3.71. The summed E-state index contributed by atoms with van der Waals surface area (Å²) in [4.78, 5) is 13.4. The second-order valence-electron chi connectivity index (χ2n) is 5.21. The van der Waals surface area contributed by atoms with Crippen LogP contribution in [0.4, 0.5) is 4.79 Å². The normalized spacial score (nSPS) is 17.5. The Bertz CT molecular complexity index is 243. The van der Waals surface area contributed by atoms with Crippen LogP contribution in [0.25, 0.3) is 0 Å². The zero-order valence-corrected chi connectivity index (χ0v) is 13.2. The van der Waals surface area contributed by atoms with Crippen molar-refractivity contribution in [3.8, 4) is 0 Å². The summed E-state index contributed by atoms with van der Waals surface area (Å²) in [6.45, 7) is 7.30. The second-order valence-corrected chi connectivity index (χ2v) is 6.51. The van der Waals surface area contributed by atoms with Gasteiger partial charge < -0.3 is 9.64 Å². The Hall–Kier alpha value is 0.230. The molecule has 0 bridgehead atoms. The van der Waals surface area contributed by atoms with Gasteiger partial charge in [-0.15, -0.1) is 0 Å². The van der Waals surface area contributed by atoms with Crippen molar-refractivity contribution in [3.05, 3.63) is 0 Å². The van der Waals surface area contributed by atoms with Gasteiger partial charge in [0, 0.05) is 23.7 Å². The quantitative estimate of drug-likeness (QED) is 0.726. The summed E-state index contributed by atoms with van der Waals surface area (Å²) in [6, 6.07) is 0. The summed E-state index contributed by atoms with van der Waals surface area (Å²) < 4.78 is 5.30. The number of hydrogen-bond donors (Lipinski definition) is 0. The smallest absolute Gasteiger partial charge is 0.410 e. The number of likely N-dealkylation sites (tertiary alicyclic amines) is 1. The van der Waals surface area contributed by atoms with Gasteiger partial charge in [0.1, 0.15) is 5.60 Å². The van der Waals surface area contributed by atoms with E-state index in [0.29, 0.717) is 11.8 Å². The van der Waals surface area contributed by atoms with Gasteiger partial charge in [0.05, 0.1) is 0 Å². The van der Waals surface area contributed by atoms with E-state index in [2.05, 4.69) is 31.9 Å². The number of ether oxygens (including phenoxy) is 1. The molecule has 0 spiro atoms. The number of rotatable bonds is 3. The molecule has 0 aromatic heterocycles. The summed E-state index contributed by atoms with van der Waals surface area (Å²) >= 11 is 6.98. The number of nitrogens with zero attached hydrogens (tertiary/aromatic N) is 1. The maximum absolute atomic E-state index is 11.7. The van der Waals surface area contributed by atoms with Crippen LogP contribution in [0.15, 0.2) is 0 Å². The molecule has 0 aromatic carbocycles. The molecule has 0 unspecified atom stereocenters. The zero-order valence-electron chi connectivity index (χ0n) is 10.0. The number of amides is 1. The maximum atomic E-state index is 11.7. The van der Waals surface area contributed by atoms with Crippen LogP contribution in [0.3, 0.4) is 0 Å². The third kappa shape index (κ3) is 3.91. The first kappa shape index (κ1) is 14.3. The minimum absolute atomic E-state index is 0.188. The van der Waals surface area contributed by atoms with Crippen LogP contribution in [-0.2, 0) is 4.74 Å². The van der Waals surface area contributed by atoms with E-state index in [9.17, 15) is 4.79 Å². The molecule has 1 aliphatic heterocycles. The van der Waals surface area contributed by atoms with Crippen LogP contribution in [0, 0.1) is 11.8 Å². The molecular weight excluding hydrogens is 338 g/mol. The van der Waals surface area contributed by atoms with E-state index in [1.807, 2.05) is 20.8 Å². The van der Waals surface area contributed by atoms with Crippen molar-refractivity contribution >= 4 is 38.0 Å². The molecule has 1 amide bonds. The van der Waals surface area contributed by atoms with Crippen molar-refractivity contribution in [1.82, 2.24) is 4.90 Å². The summed E-state index contributed by atoms with van der Waals surface area (Å²) in [5, 5.41) is 1.95. The lowest BCUT2D eigenvalue weighted by atomic mass is 9.89. The van der Waals surface area contributed by atoms with E-state index >= 15 is 0 Å². The SMILES string of the molecule is CC(C)(C)OC(=O)N1CC(C(CBr)CBr)C1. The van der Waals surface area contributed by atoms with Gasteiger partial charge in [-0.3, -0.25) is 0 Å². The van der Waals surface area contributed by atoms with Crippen molar-refractivity contribution in [2.75, 3.05) is 23.7 Å². The van der Waals surface area contributed by atoms with Gasteiger partial charge in [0.2, 0.25) is 0 Å². The largest absolute Gasteiger partial charge is 0.444 e. The molecule has 1 fully saturated rings. The van der Waals surface area contributed by atoms with Gasteiger partial charge in [-0.05, 0) is 32.6 Å². The summed E-state index contributed by atoms with van der Waals surface area (Å²) in [5.41, 5.74) is -0.396. The topological polar surface area (TPSA) is 29.5 Å². The van der Waals surface area contributed by atoms with E-state index < -0.39 is 5.60 Å². The molecular formula is C11H19Br2NO2. The van der Waals surface area contributed by atoms with Crippen LogP contribution in [0.5, 0.6) is 0 Å². The Kier molecular flexibility index (Phi) is 5.10. The average Bonchev–Trinajstić information content (AvgIpc) is 2.06. The van der Waals surface area contributed by atoms with E-state index in [0.717, 1.165) is 23.7 Å². The first-order chi connectivity index (χ1) is 7.37. The average molecular weight is 357 g/mol. The van der Waals surface area contributed by atoms with Gasteiger partial charge in [-0.25, -0.2) is 4.79 Å². The third-order valence-electron chi connectivity index (χ3n) is 2.62. The fourth-order valence-electron chi connectivity index (χ4n) is 1.58. The Morgan fingerprint density at radius 3 is 2.25 bits per heavy atom. The van der Waals surface area contributed by atoms with E-state index in [4.69, 9.17) is 4.74 Å². The molecule has 1 rings (SSSR count). The van der Waals surface area contributed by atoms with Crippen molar-refractivity contribution in [1.29, 1.82) is 0 Å². The molecule has 0 aliphatic carbocycles. The molecule has 1 aliphatic rings. The van der Waals surface area contributed by atoms with Crippen molar-refractivity contribution < 1.29 is 9.53 Å².